The third-order valence-electron chi connectivity index (χ3n) is 2.39. The highest BCUT2D eigenvalue weighted by Gasteiger charge is 2.38. The number of halogens is 5. The Morgan fingerprint density at radius 2 is 1.90 bits per heavy atom. The lowest BCUT2D eigenvalue weighted by Crippen LogP contribution is -2.21. The lowest BCUT2D eigenvalue weighted by Gasteiger charge is -2.11. The van der Waals surface area contributed by atoms with Crippen molar-refractivity contribution in [1.82, 2.24) is 9.97 Å². The number of carbonyl (C=O) groups excluding carboxylic acids is 1. The first-order valence-electron chi connectivity index (χ1n) is 5.44. The lowest BCUT2D eigenvalue weighted by atomic mass is 10.2. The number of rotatable bonds is 2. The first-order valence-corrected chi connectivity index (χ1v) is 5.82. The van der Waals surface area contributed by atoms with Crippen molar-refractivity contribution in [2.24, 2.45) is 0 Å². The Morgan fingerprint density at radius 3 is 2.52 bits per heavy atom. The van der Waals surface area contributed by atoms with Crippen molar-refractivity contribution in [3.63, 3.8) is 0 Å². The zero-order valence-electron chi connectivity index (χ0n) is 10.1. The summed E-state index contributed by atoms with van der Waals surface area (Å²) < 4.78 is 51.8. The molecule has 1 N–H and O–H groups in total. The maximum atomic E-state index is 13.4. The van der Waals surface area contributed by atoms with Crippen LogP contribution in [0.4, 0.5) is 23.2 Å². The molecule has 0 bridgehead atoms. The summed E-state index contributed by atoms with van der Waals surface area (Å²) in [6.07, 6.45) is -4.26. The molecule has 1 heterocycles. The molecule has 1 amide bonds. The summed E-state index contributed by atoms with van der Waals surface area (Å²) in [5.74, 6) is -1.97. The van der Waals surface area contributed by atoms with Crippen molar-refractivity contribution in [3.8, 4) is 0 Å². The van der Waals surface area contributed by atoms with Crippen molar-refractivity contribution < 1.29 is 22.4 Å². The number of alkyl halides is 3. The number of carbonyl (C=O) groups is 1. The fraction of sp³-hybridized carbons (Fsp3) is 0.0833. The van der Waals surface area contributed by atoms with Gasteiger partial charge in [-0.15, -0.1) is 0 Å². The van der Waals surface area contributed by atoms with Crippen LogP contribution in [0.25, 0.3) is 0 Å². The van der Waals surface area contributed by atoms with Crippen LogP contribution in [0.15, 0.2) is 30.5 Å². The Bertz CT molecular complexity index is 690. The van der Waals surface area contributed by atoms with Crippen LogP contribution in [0.2, 0.25) is 5.28 Å². The molecule has 0 aliphatic heterocycles. The lowest BCUT2D eigenvalue weighted by molar-refractivity contribution is -0.141. The van der Waals surface area contributed by atoms with E-state index < -0.39 is 34.4 Å². The minimum Gasteiger partial charge on any atom is -0.319 e. The minimum absolute atomic E-state index is 0.259. The zero-order chi connectivity index (χ0) is 15.6. The first-order chi connectivity index (χ1) is 9.79. The van der Waals surface area contributed by atoms with Crippen molar-refractivity contribution in [1.29, 1.82) is 0 Å². The minimum atomic E-state index is -4.89. The Balaban J connectivity index is 2.38. The topological polar surface area (TPSA) is 54.9 Å². The molecule has 0 aliphatic rings. The van der Waals surface area contributed by atoms with Crippen LogP contribution in [-0.4, -0.2) is 15.9 Å². The number of amides is 1. The summed E-state index contributed by atoms with van der Waals surface area (Å²) >= 11 is 5.30. The molecule has 1 aromatic carbocycles. The predicted molar refractivity (Wildman–Crippen MR) is 66.4 cm³/mol. The summed E-state index contributed by atoms with van der Waals surface area (Å²) in [4.78, 5) is 18.2. The maximum absolute atomic E-state index is 13.4. The van der Waals surface area contributed by atoms with E-state index in [1.165, 1.54) is 18.2 Å². The summed E-state index contributed by atoms with van der Waals surface area (Å²) in [5, 5.41) is 1.37. The van der Waals surface area contributed by atoms with Gasteiger partial charge >= 0.3 is 6.18 Å². The van der Waals surface area contributed by atoms with Gasteiger partial charge in [0.05, 0.1) is 11.3 Å². The van der Waals surface area contributed by atoms with E-state index in [1.54, 1.807) is 0 Å². The number of hydrogen-bond acceptors (Lipinski definition) is 3. The molecule has 1 aromatic heterocycles. The average Bonchev–Trinajstić information content (AvgIpc) is 2.40. The molecular formula is C12H6ClF4N3O. The van der Waals surface area contributed by atoms with E-state index in [1.807, 2.05) is 5.32 Å². The number of nitrogens with one attached hydrogen (secondary N) is 1. The second-order valence-electron chi connectivity index (χ2n) is 3.83. The third kappa shape index (κ3) is 3.46. The van der Waals surface area contributed by atoms with Crippen LogP contribution in [-0.2, 0) is 6.18 Å². The van der Waals surface area contributed by atoms with Crippen molar-refractivity contribution in [2.45, 2.75) is 6.18 Å². The smallest absolute Gasteiger partial charge is 0.319 e. The van der Waals surface area contributed by atoms with Crippen LogP contribution < -0.4 is 5.32 Å². The van der Waals surface area contributed by atoms with Crippen LogP contribution in [0.3, 0.4) is 0 Å². The van der Waals surface area contributed by atoms with E-state index in [9.17, 15) is 22.4 Å². The fourth-order valence-corrected chi connectivity index (χ4v) is 1.63. The van der Waals surface area contributed by atoms with Crippen LogP contribution >= 0.6 is 11.6 Å². The summed E-state index contributed by atoms with van der Waals surface area (Å²) in [6.45, 7) is 0. The average molecular weight is 320 g/mol. The van der Waals surface area contributed by atoms with E-state index in [2.05, 4.69) is 9.97 Å². The second kappa shape index (κ2) is 5.65. The van der Waals surface area contributed by atoms with E-state index in [0.29, 0.717) is 6.20 Å². The molecule has 0 saturated carbocycles. The molecule has 0 fully saturated rings. The van der Waals surface area contributed by atoms with E-state index in [-0.39, 0.29) is 5.69 Å². The molecule has 2 aromatic rings. The maximum Gasteiger partial charge on any atom is 0.434 e. The van der Waals surface area contributed by atoms with Crippen molar-refractivity contribution >= 4 is 23.2 Å². The Kier molecular flexibility index (Phi) is 4.08. The Labute approximate surface area is 120 Å². The van der Waals surface area contributed by atoms with Gasteiger partial charge in [-0.25, -0.2) is 14.4 Å². The number of benzene rings is 1. The monoisotopic (exact) mass is 319 g/mol. The van der Waals surface area contributed by atoms with Gasteiger partial charge in [-0.3, -0.25) is 4.79 Å². The molecule has 0 saturated heterocycles. The Hall–Kier alpha value is -2.22. The number of nitrogens with zero attached hydrogens (tertiary/aromatic N) is 2. The third-order valence-corrected chi connectivity index (χ3v) is 2.58. The SMILES string of the molecule is O=C(Nc1ccccc1F)c1cnc(Cl)nc1C(F)(F)F. The quantitative estimate of drug-likeness (QED) is 0.680. The van der Waals surface area contributed by atoms with Gasteiger partial charge in [-0.2, -0.15) is 13.2 Å². The molecule has 0 atom stereocenters. The van der Waals surface area contributed by atoms with Gasteiger partial charge in [0.2, 0.25) is 5.28 Å². The highest BCUT2D eigenvalue weighted by atomic mass is 35.5. The molecule has 21 heavy (non-hydrogen) atoms. The zero-order valence-corrected chi connectivity index (χ0v) is 10.8. The van der Waals surface area contributed by atoms with E-state index in [4.69, 9.17) is 11.6 Å². The molecule has 0 spiro atoms. The molecule has 110 valence electrons. The number of aromatic nitrogens is 2. The summed E-state index contributed by atoms with van der Waals surface area (Å²) in [6, 6.07) is 5.05. The van der Waals surface area contributed by atoms with Gasteiger partial charge in [0.25, 0.3) is 5.91 Å². The summed E-state index contributed by atoms with van der Waals surface area (Å²) in [7, 11) is 0. The van der Waals surface area contributed by atoms with Crippen molar-refractivity contribution in [2.75, 3.05) is 5.32 Å². The molecular weight excluding hydrogens is 314 g/mol. The number of anilines is 1. The standard InChI is InChI=1S/C12H6ClF4N3O/c13-11-18-5-6(9(20-11)12(15,16)17)10(21)19-8-4-2-1-3-7(8)14/h1-5H,(H,19,21). The first kappa shape index (κ1) is 15.2. The van der Waals surface area contributed by atoms with Gasteiger partial charge in [0.15, 0.2) is 5.69 Å². The predicted octanol–water partition coefficient (Wildman–Crippen LogP) is 3.54. The molecule has 4 nitrogen and oxygen atoms in total. The number of hydrogen-bond donors (Lipinski definition) is 1. The highest BCUT2D eigenvalue weighted by Crippen LogP contribution is 2.31. The van der Waals surface area contributed by atoms with Crippen LogP contribution in [0, 0.1) is 5.82 Å². The van der Waals surface area contributed by atoms with Gasteiger partial charge in [0, 0.05) is 6.20 Å². The van der Waals surface area contributed by atoms with E-state index >= 15 is 0 Å². The van der Waals surface area contributed by atoms with Crippen LogP contribution in [0.1, 0.15) is 16.1 Å². The van der Waals surface area contributed by atoms with Gasteiger partial charge in [0.1, 0.15) is 5.82 Å². The van der Waals surface area contributed by atoms with Gasteiger partial charge in [-0.1, -0.05) is 12.1 Å². The molecule has 0 unspecified atom stereocenters. The fourth-order valence-electron chi connectivity index (χ4n) is 1.49. The van der Waals surface area contributed by atoms with Gasteiger partial charge in [-0.05, 0) is 23.7 Å². The molecule has 2 rings (SSSR count). The molecule has 0 radical (unpaired) electrons. The largest absolute Gasteiger partial charge is 0.434 e. The normalized spacial score (nSPS) is 11.3. The van der Waals surface area contributed by atoms with E-state index in [0.717, 1.165) is 6.07 Å². The number of para-hydroxylation sites is 1. The summed E-state index contributed by atoms with van der Waals surface area (Å²) in [5.41, 5.74) is -2.60. The molecule has 0 aliphatic carbocycles. The Morgan fingerprint density at radius 1 is 1.24 bits per heavy atom. The molecule has 9 heteroatoms. The highest BCUT2D eigenvalue weighted by molar-refractivity contribution is 6.28. The van der Waals surface area contributed by atoms with Gasteiger partial charge < -0.3 is 5.32 Å². The van der Waals surface area contributed by atoms with Crippen LogP contribution in [0.5, 0.6) is 0 Å². The second-order valence-corrected chi connectivity index (χ2v) is 4.17. The van der Waals surface area contributed by atoms with Crippen molar-refractivity contribution in [3.05, 3.63) is 52.8 Å².